The predicted octanol–water partition coefficient (Wildman–Crippen LogP) is 2.18. The molecule has 0 aliphatic heterocycles. The summed E-state index contributed by atoms with van der Waals surface area (Å²) in [6.45, 7) is 8.42. The lowest BCUT2D eigenvalue weighted by Gasteiger charge is -2.28. The van der Waals surface area contributed by atoms with Gasteiger partial charge in [0.15, 0.2) is 0 Å². The largest absolute Gasteiger partial charge is 0.465 e. The standard InChI is InChI=1S/C22H30FN3O4/c1-5-29-19(27)13-25-10-11-26-20(21(28)30-22(2,3)4)16-7-6-15-14(16)8-9-18(23)17(15)12-24/h8-9,16,20,25-26H,5-7,10-11,13H2,1-4H3. The zero-order valence-corrected chi connectivity index (χ0v) is 18.0. The van der Waals surface area contributed by atoms with Gasteiger partial charge in [0.1, 0.15) is 23.5 Å². The van der Waals surface area contributed by atoms with Crippen molar-refractivity contribution in [1.29, 1.82) is 5.26 Å². The van der Waals surface area contributed by atoms with Crippen LogP contribution in [0.2, 0.25) is 0 Å². The molecule has 1 aromatic carbocycles. The highest BCUT2D eigenvalue weighted by Gasteiger charge is 2.38. The van der Waals surface area contributed by atoms with Crippen molar-refractivity contribution in [3.63, 3.8) is 0 Å². The summed E-state index contributed by atoms with van der Waals surface area (Å²) in [5.41, 5.74) is 0.865. The number of carbonyl (C=O) groups is 2. The first kappa shape index (κ1) is 23.8. The molecule has 0 radical (unpaired) electrons. The summed E-state index contributed by atoms with van der Waals surface area (Å²) >= 11 is 0. The maximum atomic E-state index is 14.0. The Labute approximate surface area is 176 Å². The van der Waals surface area contributed by atoms with Gasteiger partial charge in [0.25, 0.3) is 0 Å². The van der Waals surface area contributed by atoms with Crippen LogP contribution in [0.5, 0.6) is 0 Å². The summed E-state index contributed by atoms with van der Waals surface area (Å²) in [5.74, 6) is -1.50. The molecule has 1 aliphatic rings. The van der Waals surface area contributed by atoms with Crippen molar-refractivity contribution < 1.29 is 23.5 Å². The first-order valence-corrected chi connectivity index (χ1v) is 10.2. The minimum absolute atomic E-state index is 0.0500. The summed E-state index contributed by atoms with van der Waals surface area (Å²) in [7, 11) is 0. The first-order valence-electron chi connectivity index (χ1n) is 10.2. The van der Waals surface area contributed by atoms with Crippen molar-refractivity contribution in [2.45, 2.75) is 58.1 Å². The Balaban J connectivity index is 2.12. The minimum Gasteiger partial charge on any atom is -0.465 e. The van der Waals surface area contributed by atoms with Gasteiger partial charge >= 0.3 is 11.9 Å². The Morgan fingerprint density at radius 1 is 1.33 bits per heavy atom. The minimum atomic E-state index is -0.652. The van der Waals surface area contributed by atoms with Crippen molar-refractivity contribution in [2.75, 3.05) is 26.2 Å². The van der Waals surface area contributed by atoms with Gasteiger partial charge in [0, 0.05) is 19.0 Å². The van der Waals surface area contributed by atoms with Crippen LogP contribution in [0.1, 0.15) is 56.7 Å². The average molecular weight is 419 g/mol. The quantitative estimate of drug-likeness (QED) is 0.467. The predicted molar refractivity (Wildman–Crippen MR) is 109 cm³/mol. The lowest BCUT2D eigenvalue weighted by atomic mass is 9.91. The molecule has 1 aliphatic carbocycles. The van der Waals surface area contributed by atoms with Crippen molar-refractivity contribution in [3.8, 4) is 6.07 Å². The average Bonchev–Trinajstić information content (AvgIpc) is 3.07. The van der Waals surface area contributed by atoms with E-state index in [-0.39, 0.29) is 24.0 Å². The zero-order chi connectivity index (χ0) is 22.3. The molecule has 0 aromatic heterocycles. The van der Waals surface area contributed by atoms with Gasteiger partial charge in [-0.05, 0) is 57.7 Å². The molecule has 2 N–H and O–H groups in total. The van der Waals surface area contributed by atoms with E-state index in [1.54, 1.807) is 33.8 Å². The number of hydrogen-bond acceptors (Lipinski definition) is 7. The molecular weight excluding hydrogens is 389 g/mol. The molecule has 30 heavy (non-hydrogen) atoms. The normalized spacial score (nSPS) is 16.5. The van der Waals surface area contributed by atoms with Crippen LogP contribution in [0.4, 0.5) is 4.39 Å². The van der Waals surface area contributed by atoms with E-state index in [4.69, 9.17) is 9.47 Å². The second-order valence-electron chi connectivity index (χ2n) is 8.19. The third-order valence-corrected chi connectivity index (χ3v) is 4.82. The summed E-state index contributed by atoms with van der Waals surface area (Å²) in [6, 6.07) is 4.23. The molecule has 2 atom stereocenters. The molecule has 164 valence electrons. The molecule has 0 bridgehead atoms. The number of nitriles is 1. The van der Waals surface area contributed by atoms with E-state index in [0.717, 1.165) is 5.56 Å². The second kappa shape index (κ2) is 10.5. The van der Waals surface area contributed by atoms with E-state index in [9.17, 15) is 19.2 Å². The highest BCUT2D eigenvalue weighted by molar-refractivity contribution is 5.78. The lowest BCUT2D eigenvalue weighted by molar-refractivity contribution is -0.158. The van der Waals surface area contributed by atoms with E-state index in [1.807, 2.05) is 6.07 Å². The Bertz CT molecular complexity index is 814. The number of fused-ring (bicyclic) bond motifs is 1. The molecule has 0 saturated heterocycles. The van der Waals surface area contributed by atoms with Crippen LogP contribution >= 0.6 is 0 Å². The summed E-state index contributed by atoms with van der Waals surface area (Å²) < 4.78 is 24.4. The summed E-state index contributed by atoms with van der Waals surface area (Å²) in [5, 5.41) is 15.5. The van der Waals surface area contributed by atoms with Gasteiger partial charge < -0.3 is 20.1 Å². The van der Waals surface area contributed by atoms with Crippen LogP contribution < -0.4 is 10.6 Å². The van der Waals surface area contributed by atoms with E-state index in [2.05, 4.69) is 10.6 Å². The molecule has 0 fully saturated rings. The third-order valence-electron chi connectivity index (χ3n) is 4.82. The molecule has 0 saturated carbocycles. The van der Waals surface area contributed by atoms with E-state index < -0.39 is 23.4 Å². The monoisotopic (exact) mass is 419 g/mol. The van der Waals surface area contributed by atoms with Crippen molar-refractivity contribution in [1.82, 2.24) is 10.6 Å². The summed E-state index contributed by atoms with van der Waals surface area (Å²) in [4.78, 5) is 24.3. The molecule has 7 nitrogen and oxygen atoms in total. The zero-order valence-electron chi connectivity index (χ0n) is 18.0. The van der Waals surface area contributed by atoms with Gasteiger partial charge in [-0.2, -0.15) is 5.26 Å². The third kappa shape index (κ3) is 6.25. The Hall–Kier alpha value is -2.50. The Morgan fingerprint density at radius 2 is 2.07 bits per heavy atom. The number of esters is 2. The number of rotatable bonds is 9. The van der Waals surface area contributed by atoms with Crippen molar-refractivity contribution >= 4 is 11.9 Å². The smallest absolute Gasteiger partial charge is 0.324 e. The SMILES string of the molecule is CCOC(=O)CNCCNC(C(=O)OC(C)(C)C)C1CCc2c1ccc(F)c2C#N. The van der Waals surface area contributed by atoms with Crippen LogP contribution in [-0.4, -0.2) is 49.8 Å². The summed E-state index contributed by atoms with van der Waals surface area (Å²) in [6.07, 6.45) is 1.14. The molecule has 2 unspecified atom stereocenters. The second-order valence-corrected chi connectivity index (χ2v) is 8.19. The highest BCUT2D eigenvalue weighted by atomic mass is 19.1. The molecule has 2 rings (SSSR count). The number of nitrogens with one attached hydrogen (secondary N) is 2. The van der Waals surface area contributed by atoms with Gasteiger partial charge in [-0.1, -0.05) is 6.07 Å². The molecule has 0 amide bonds. The molecule has 0 heterocycles. The maximum Gasteiger partial charge on any atom is 0.324 e. The molecule has 1 aromatic rings. The fraction of sp³-hybridized carbons (Fsp3) is 0.591. The van der Waals surface area contributed by atoms with Crippen LogP contribution in [0.25, 0.3) is 0 Å². The number of ether oxygens (including phenoxy) is 2. The number of halogens is 1. The highest BCUT2D eigenvalue weighted by Crippen LogP contribution is 2.38. The fourth-order valence-corrected chi connectivity index (χ4v) is 3.65. The number of hydrogen-bond donors (Lipinski definition) is 2. The maximum absolute atomic E-state index is 14.0. The van der Waals surface area contributed by atoms with Gasteiger partial charge in [-0.15, -0.1) is 0 Å². The molecule has 8 heteroatoms. The van der Waals surface area contributed by atoms with Gasteiger partial charge in [-0.3, -0.25) is 9.59 Å². The number of carbonyl (C=O) groups excluding carboxylic acids is 2. The Kier molecular flexibility index (Phi) is 8.33. The topological polar surface area (TPSA) is 100 Å². The fourth-order valence-electron chi connectivity index (χ4n) is 3.65. The number of benzene rings is 1. The van der Waals surface area contributed by atoms with E-state index in [0.29, 0.717) is 38.1 Å². The van der Waals surface area contributed by atoms with Crippen LogP contribution in [0.15, 0.2) is 12.1 Å². The van der Waals surface area contributed by atoms with E-state index in [1.165, 1.54) is 6.07 Å². The molecular formula is C22H30FN3O4. The van der Waals surface area contributed by atoms with Crippen molar-refractivity contribution in [2.24, 2.45) is 0 Å². The Morgan fingerprint density at radius 3 is 2.70 bits per heavy atom. The number of nitrogens with zero attached hydrogens (tertiary/aromatic N) is 1. The van der Waals surface area contributed by atoms with Crippen LogP contribution in [0.3, 0.4) is 0 Å². The van der Waals surface area contributed by atoms with Crippen LogP contribution in [0, 0.1) is 17.1 Å². The van der Waals surface area contributed by atoms with Gasteiger partial charge in [0.2, 0.25) is 0 Å². The van der Waals surface area contributed by atoms with E-state index >= 15 is 0 Å². The van der Waals surface area contributed by atoms with Gasteiger partial charge in [0.05, 0.1) is 18.7 Å². The van der Waals surface area contributed by atoms with Crippen molar-refractivity contribution in [3.05, 3.63) is 34.6 Å². The van der Waals surface area contributed by atoms with Gasteiger partial charge in [-0.25, -0.2) is 4.39 Å². The van der Waals surface area contributed by atoms with Crippen LogP contribution in [-0.2, 0) is 25.5 Å². The molecule has 0 spiro atoms. The lowest BCUT2D eigenvalue weighted by Crippen LogP contribution is -2.47. The first-order chi connectivity index (χ1) is 14.2.